The van der Waals surface area contributed by atoms with E-state index < -0.39 is 0 Å². The predicted molar refractivity (Wildman–Crippen MR) is 99.6 cm³/mol. The standard InChI is InChI=1S/C21H25NO5/c1-24-17-7-3-15(4-8-17)19-22-20(16-5-9-18(25-2)10-6-16)27-14-21(22,11-12-23)13-26-19/h3-10,19-20,23H,11-14H2,1-2H3/t19-,20+,21-. The normalized spacial score (nSPS) is 27.5. The van der Waals surface area contributed by atoms with Gasteiger partial charge in [-0.05, 0) is 41.8 Å². The molecule has 0 aromatic heterocycles. The minimum Gasteiger partial charge on any atom is -0.497 e. The first-order valence-electron chi connectivity index (χ1n) is 9.11. The quantitative estimate of drug-likeness (QED) is 0.843. The van der Waals surface area contributed by atoms with Crippen molar-refractivity contribution >= 4 is 0 Å². The van der Waals surface area contributed by atoms with Crippen LogP contribution in [0.3, 0.4) is 0 Å². The summed E-state index contributed by atoms with van der Waals surface area (Å²) in [6, 6.07) is 15.8. The summed E-state index contributed by atoms with van der Waals surface area (Å²) < 4.78 is 22.9. The van der Waals surface area contributed by atoms with Gasteiger partial charge in [0.2, 0.25) is 0 Å². The summed E-state index contributed by atoms with van der Waals surface area (Å²) in [7, 11) is 3.31. The van der Waals surface area contributed by atoms with E-state index in [1.165, 1.54) is 0 Å². The van der Waals surface area contributed by atoms with E-state index in [9.17, 15) is 5.11 Å². The van der Waals surface area contributed by atoms with Gasteiger partial charge >= 0.3 is 0 Å². The summed E-state index contributed by atoms with van der Waals surface area (Å²) in [5, 5.41) is 9.65. The van der Waals surface area contributed by atoms with Crippen LogP contribution in [0.15, 0.2) is 48.5 Å². The van der Waals surface area contributed by atoms with Crippen LogP contribution in [-0.2, 0) is 9.47 Å². The Morgan fingerprint density at radius 3 is 1.70 bits per heavy atom. The summed E-state index contributed by atoms with van der Waals surface area (Å²) in [4.78, 5) is 2.26. The molecule has 4 rings (SSSR count). The lowest BCUT2D eigenvalue weighted by molar-refractivity contribution is -0.0623. The van der Waals surface area contributed by atoms with Gasteiger partial charge in [-0.2, -0.15) is 0 Å². The number of ether oxygens (including phenoxy) is 4. The molecule has 1 N–H and O–H groups in total. The van der Waals surface area contributed by atoms with E-state index in [0.29, 0.717) is 19.6 Å². The first kappa shape index (κ1) is 18.3. The SMILES string of the molecule is COc1ccc([C@H]2OC[C@]3(CCO)CO[C@@H](c4ccc(OC)cc4)N23)cc1. The van der Waals surface area contributed by atoms with Crippen molar-refractivity contribution in [3.05, 3.63) is 59.7 Å². The zero-order valence-electron chi connectivity index (χ0n) is 15.6. The first-order valence-corrected chi connectivity index (χ1v) is 9.11. The number of aliphatic hydroxyl groups is 1. The van der Waals surface area contributed by atoms with Crippen LogP contribution in [-0.4, -0.2) is 49.6 Å². The molecule has 0 aliphatic carbocycles. The maximum absolute atomic E-state index is 9.65. The van der Waals surface area contributed by atoms with E-state index in [0.717, 1.165) is 22.6 Å². The predicted octanol–water partition coefficient (Wildman–Crippen LogP) is 2.88. The zero-order chi connectivity index (χ0) is 18.9. The molecule has 144 valence electrons. The van der Waals surface area contributed by atoms with Gasteiger partial charge in [-0.15, -0.1) is 0 Å². The molecule has 3 atom stereocenters. The largest absolute Gasteiger partial charge is 0.497 e. The van der Waals surface area contributed by atoms with Gasteiger partial charge in [0, 0.05) is 6.61 Å². The Bertz CT molecular complexity index is 702. The number of benzene rings is 2. The second-order valence-corrected chi connectivity index (χ2v) is 6.98. The molecule has 2 saturated heterocycles. The Hall–Kier alpha value is -2.12. The average Bonchev–Trinajstić information content (AvgIpc) is 3.25. The van der Waals surface area contributed by atoms with Gasteiger partial charge < -0.3 is 24.1 Å². The van der Waals surface area contributed by atoms with Crippen LogP contribution < -0.4 is 9.47 Å². The number of methoxy groups -OCH3 is 2. The average molecular weight is 371 g/mol. The third-order valence-electron chi connectivity index (χ3n) is 5.45. The highest BCUT2D eigenvalue weighted by atomic mass is 16.6. The molecule has 0 unspecified atom stereocenters. The Balaban J connectivity index is 1.68. The number of nitrogens with zero attached hydrogens (tertiary/aromatic N) is 1. The van der Waals surface area contributed by atoms with Gasteiger partial charge in [-0.3, -0.25) is 0 Å². The summed E-state index contributed by atoms with van der Waals surface area (Å²) in [6.45, 7) is 1.14. The highest BCUT2D eigenvalue weighted by molar-refractivity contribution is 5.32. The lowest BCUT2D eigenvalue weighted by Crippen LogP contribution is -2.45. The van der Waals surface area contributed by atoms with Crippen molar-refractivity contribution in [1.82, 2.24) is 4.90 Å². The fourth-order valence-corrected chi connectivity index (χ4v) is 3.97. The van der Waals surface area contributed by atoms with Crippen LogP contribution in [0.1, 0.15) is 30.0 Å². The van der Waals surface area contributed by atoms with E-state index in [1.807, 2.05) is 48.5 Å². The second kappa shape index (κ2) is 7.48. The Kier molecular flexibility index (Phi) is 5.06. The van der Waals surface area contributed by atoms with Crippen molar-refractivity contribution in [2.75, 3.05) is 34.0 Å². The van der Waals surface area contributed by atoms with Crippen LogP contribution in [0.2, 0.25) is 0 Å². The van der Waals surface area contributed by atoms with Gasteiger partial charge in [0.25, 0.3) is 0 Å². The van der Waals surface area contributed by atoms with Crippen molar-refractivity contribution in [2.24, 2.45) is 0 Å². The number of fused-ring (bicyclic) bond motifs is 1. The molecule has 6 nitrogen and oxygen atoms in total. The number of hydrogen-bond acceptors (Lipinski definition) is 6. The van der Waals surface area contributed by atoms with Crippen molar-refractivity contribution in [1.29, 1.82) is 0 Å². The summed E-state index contributed by atoms with van der Waals surface area (Å²) in [5.41, 5.74) is 1.75. The molecule has 0 amide bonds. The Morgan fingerprint density at radius 2 is 1.33 bits per heavy atom. The molecule has 2 aromatic carbocycles. The maximum atomic E-state index is 9.65. The Morgan fingerprint density at radius 1 is 0.889 bits per heavy atom. The van der Waals surface area contributed by atoms with Crippen molar-refractivity contribution in [3.63, 3.8) is 0 Å². The molecule has 27 heavy (non-hydrogen) atoms. The molecule has 2 aliphatic heterocycles. The smallest absolute Gasteiger partial charge is 0.139 e. The summed E-state index contributed by atoms with van der Waals surface area (Å²) in [5.74, 6) is 1.62. The minimum atomic E-state index is -0.329. The topological polar surface area (TPSA) is 60.4 Å². The van der Waals surface area contributed by atoms with Crippen LogP contribution in [0, 0.1) is 0 Å². The van der Waals surface area contributed by atoms with E-state index in [1.54, 1.807) is 14.2 Å². The van der Waals surface area contributed by atoms with Crippen molar-refractivity contribution in [3.8, 4) is 11.5 Å². The summed E-state index contributed by atoms with van der Waals surface area (Å²) >= 11 is 0. The van der Waals surface area contributed by atoms with E-state index >= 15 is 0 Å². The van der Waals surface area contributed by atoms with Gasteiger partial charge in [-0.1, -0.05) is 24.3 Å². The van der Waals surface area contributed by atoms with Crippen molar-refractivity contribution < 1.29 is 24.1 Å². The highest BCUT2D eigenvalue weighted by Gasteiger charge is 2.56. The van der Waals surface area contributed by atoms with Gasteiger partial charge in [0.15, 0.2) is 0 Å². The molecule has 0 radical (unpaired) electrons. The van der Waals surface area contributed by atoms with Crippen LogP contribution in [0.4, 0.5) is 0 Å². The van der Waals surface area contributed by atoms with Crippen molar-refractivity contribution in [2.45, 2.75) is 24.4 Å². The highest BCUT2D eigenvalue weighted by Crippen LogP contribution is 2.50. The van der Waals surface area contributed by atoms with Gasteiger partial charge in [0.05, 0.1) is 33.0 Å². The molecule has 0 saturated carbocycles. The van der Waals surface area contributed by atoms with E-state index in [2.05, 4.69) is 4.90 Å². The molecule has 2 fully saturated rings. The van der Waals surface area contributed by atoms with Gasteiger partial charge in [0.1, 0.15) is 24.0 Å². The van der Waals surface area contributed by atoms with Crippen LogP contribution >= 0.6 is 0 Å². The minimum absolute atomic E-state index is 0.0912. The van der Waals surface area contributed by atoms with E-state index in [-0.39, 0.29) is 24.6 Å². The first-order chi connectivity index (χ1) is 13.2. The lowest BCUT2D eigenvalue weighted by atomic mass is 9.96. The molecular formula is C21H25NO5. The van der Waals surface area contributed by atoms with Gasteiger partial charge in [-0.25, -0.2) is 4.90 Å². The molecule has 6 heteroatoms. The molecule has 0 spiro atoms. The molecule has 2 aromatic rings. The van der Waals surface area contributed by atoms with E-state index in [4.69, 9.17) is 18.9 Å². The fourth-order valence-electron chi connectivity index (χ4n) is 3.97. The third-order valence-corrected chi connectivity index (χ3v) is 5.45. The molecule has 0 bridgehead atoms. The molecular weight excluding hydrogens is 346 g/mol. The number of hydrogen-bond donors (Lipinski definition) is 1. The Labute approximate surface area is 159 Å². The fraction of sp³-hybridized carbons (Fsp3) is 0.429. The number of aliphatic hydroxyl groups excluding tert-OH is 1. The molecule has 2 heterocycles. The maximum Gasteiger partial charge on any atom is 0.139 e. The lowest BCUT2D eigenvalue weighted by Gasteiger charge is -2.34. The second-order valence-electron chi connectivity index (χ2n) is 6.98. The zero-order valence-corrected chi connectivity index (χ0v) is 15.6. The third kappa shape index (κ3) is 3.19. The molecule has 2 aliphatic rings. The van der Waals surface area contributed by atoms with Crippen LogP contribution in [0.25, 0.3) is 0 Å². The van der Waals surface area contributed by atoms with Crippen LogP contribution in [0.5, 0.6) is 11.5 Å². The monoisotopic (exact) mass is 371 g/mol. The number of rotatable bonds is 6. The summed E-state index contributed by atoms with van der Waals surface area (Å²) in [6.07, 6.45) is 0.126.